The molecule has 2 atom stereocenters. The molecule has 1 fully saturated rings. The van der Waals surface area contributed by atoms with Crippen LogP contribution >= 0.6 is 0 Å². The van der Waals surface area contributed by atoms with E-state index in [1.54, 1.807) is 6.92 Å². The van der Waals surface area contributed by atoms with Crippen LogP contribution in [0.25, 0.3) is 0 Å². The standard InChI is InChI=1S/C9H16O4/c1-7(6-10)9(8(11)12)4-2-3-5-13-9/h7,10H,2-6H2,1H3,(H,11,12). The predicted molar refractivity (Wildman–Crippen MR) is 46.4 cm³/mol. The van der Waals surface area contributed by atoms with E-state index in [1.165, 1.54) is 0 Å². The molecule has 0 aliphatic carbocycles. The van der Waals surface area contributed by atoms with E-state index >= 15 is 0 Å². The molecule has 76 valence electrons. The highest BCUT2D eigenvalue weighted by molar-refractivity contribution is 5.78. The molecule has 13 heavy (non-hydrogen) atoms. The number of aliphatic hydroxyl groups excluding tert-OH is 1. The third-order valence-corrected chi connectivity index (χ3v) is 2.73. The zero-order valence-electron chi connectivity index (χ0n) is 7.82. The first-order valence-electron chi connectivity index (χ1n) is 4.61. The van der Waals surface area contributed by atoms with Crippen molar-refractivity contribution >= 4 is 5.97 Å². The minimum Gasteiger partial charge on any atom is -0.479 e. The first kappa shape index (κ1) is 10.5. The summed E-state index contributed by atoms with van der Waals surface area (Å²) >= 11 is 0. The summed E-state index contributed by atoms with van der Waals surface area (Å²) in [7, 11) is 0. The lowest BCUT2D eigenvalue weighted by molar-refractivity contribution is -0.184. The Morgan fingerprint density at radius 2 is 2.31 bits per heavy atom. The van der Waals surface area contributed by atoms with Crippen LogP contribution < -0.4 is 0 Å². The van der Waals surface area contributed by atoms with Gasteiger partial charge < -0.3 is 14.9 Å². The number of carboxylic acid groups (broad SMARTS) is 1. The summed E-state index contributed by atoms with van der Waals surface area (Å²) in [6.45, 7) is 2.04. The molecule has 0 spiro atoms. The van der Waals surface area contributed by atoms with Crippen LogP contribution in [0.15, 0.2) is 0 Å². The first-order valence-corrected chi connectivity index (χ1v) is 4.61. The molecular formula is C9H16O4. The van der Waals surface area contributed by atoms with Gasteiger partial charge in [-0.3, -0.25) is 0 Å². The van der Waals surface area contributed by atoms with Crippen molar-refractivity contribution in [1.82, 2.24) is 0 Å². The number of ether oxygens (including phenoxy) is 1. The van der Waals surface area contributed by atoms with E-state index in [0.717, 1.165) is 12.8 Å². The number of carbonyl (C=O) groups is 1. The second-order valence-corrected chi connectivity index (χ2v) is 3.58. The number of aliphatic hydroxyl groups is 1. The van der Waals surface area contributed by atoms with Crippen LogP contribution in [0.2, 0.25) is 0 Å². The van der Waals surface area contributed by atoms with Crippen LogP contribution in [0.3, 0.4) is 0 Å². The fourth-order valence-corrected chi connectivity index (χ4v) is 1.73. The Morgan fingerprint density at radius 1 is 1.62 bits per heavy atom. The summed E-state index contributed by atoms with van der Waals surface area (Å²) in [5.41, 5.74) is -1.15. The van der Waals surface area contributed by atoms with Crippen molar-refractivity contribution in [2.24, 2.45) is 5.92 Å². The third-order valence-electron chi connectivity index (χ3n) is 2.73. The average molecular weight is 188 g/mol. The second-order valence-electron chi connectivity index (χ2n) is 3.58. The van der Waals surface area contributed by atoms with Gasteiger partial charge in [0.1, 0.15) is 0 Å². The van der Waals surface area contributed by atoms with Gasteiger partial charge in [0.2, 0.25) is 0 Å². The van der Waals surface area contributed by atoms with Gasteiger partial charge in [-0.15, -0.1) is 0 Å². The van der Waals surface area contributed by atoms with Gasteiger partial charge in [0, 0.05) is 19.1 Å². The number of carboxylic acids is 1. The lowest BCUT2D eigenvalue weighted by Gasteiger charge is -2.37. The lowest BCUT2D eigenvalue weighted by atomic mass is 9.83. The fourth-order valence-electron chi connectivity index (χ4n) is 1.73. The van der Waals surface area contributed by atoms with E-state index in [2.05, 4.69) is 0 Å². The van der Waals surface area contributed by atoms with Crippen molar-refractivity contribution in [3.05, 3.63) is 0 Å². The molecule has 1 heterocycles. The molecule has 0 saturated carbocycles. The lowest BCUT2D eigenvalue weighted by Crippen LogP contribution is -2.50. The van der Waals surface area contributed by atoms with E-state index in [4.69, 9.17) is 14.9 Å². The van der Waals surface area contributed by atoms with Gasteiger partial charge in [0.25, 0.3) is 0 Å². The van der Waals surface area contributed by atoms with Crippen molar-refractivity contribution < 1.29 is 19.7 Å². The summed E-state index contributed by atoms with van der Waals surface area (Å²) in [4.78, 5) is 11.0. The van der Waals surface area contributed by atoms with E-state index in [0.29, 0.717) is 13.0 Å². The quantitative estimate of drug-likeness (QED) is 0.682. The molecule has 1 saturated heterocycles. The molecule has 2 unspecified atom stereocenters. The van der Waals surface area contributed by atoms with Gasteiger partial charge in [-0.05, 0) is 19.3 Å². The topological polar surface area (TPSA) is 66.8 Å². The zero-order valence-corrected chi connectivity index (χ0v) is 7.82. The maximum absolute atomic E-state index is 11.0. The third kappa shape index (κ3) is 1.84. The van der Waals surface area contributed by atoms with Gasteiger partial charge >= 0.3 is 5.97 Å². The Bertz CT molecular complexity index is 184. The van der Waals surface area contributed by atoms with E-state index < -0.39 is 11.6 Å². The Hall–Kier alpha value is -0.610. The Labute approximate surface area is 77.5 Å². The molecule has 4 heteroatoms. The SMILES string of the molecule is CC(CO)C1(C(=O)O)CCCCO1. The summed E-state index contributed by atoms with van der Waals surface area (Å²) in [6.07, 6.45) is 2.27. The molecule has 0 aromatic heterocycles. The fraction of sp³-hybridized carbons (Fsp3) is 0.889. The smallest absolute Gasteiger partial charge is 0.336 e. The molecule has 0 bridgehead atoms. The normalized spacial score (nSPS) is 31.2. The highest BCUT2D eigenvalue weighted by atomic mass is 16.5. The van der Waals surface area contributed by atoms with Crippen molar-refractivity contribution in [3.63, 3.8) is 0 Å². The van der Waals surface area contributed by atoms with Crippen LogP contribution in [-0.4, -0.2) is 35.0 Å². The zero-order chi connectivity index (χ0) is 9.90. The average Bonchev–Trinajstić information content (AvgIpc) is 2.17. The van der Waals surface area contributed by atoms with Crippen molar-refractivity contribution in [1.29, 1.82) is 0 Å². The summed E-state index contributed by atoms with van der Waals surface area (Å²) in [5, 5.41) is 18.0. The van der Waals surface area contributed by atoms with Gasteiger partial charge in [-0.25, -0.2) is 4.79 Å². The van der Waals surface area contributed by atoms with Crippen LogP contribution in [-0.2, 0) is 9.53 Å². The van der Waals surface area contributed by atoms with Crippen LogP contribution in [0.1, 0.15) is 26.2 Å². The summed E-state index contributed by atoms with van der Waals surface area (Å²) in [6, 6.07) is 0. The first-order chi connectivity index (χ1) is 6.13. The number of rotatable bonds is 3. The van der Waals surface area contributed by atoms with Crippen LogP contribution in [0, 0.1) is 5.92 Å². The van der Waals surface area contributed by atoms with Gasteiger partial charge in [-0.2, -0.15) is 0 Å². The van der Waals surface area contributed by atoms with Gasteiger partial charge in [0.15, 0.2) is 5.60 Å². The largest absolute Gasteiger partial charge is 0.479 e. The Morgan fingerprint density at radius 3 is 2.69 bits per heavy atom. The van der Waals surface area contributed by atoms with Crippen LogP contribution in [0.4, 0.5) is 0 Å². The summed E-state index contributed by atoms with van der Waals surface area (Å²) in [5.74, 6) is -1.29. The number of aliphatic carboxylic acids is 1. The van der Waals surface area contributed by atoms with Crippen molar-refractivity contribution in [2.75, 3.05) is 13.2 Å². The highest BCUT2D eigenvalue weighted by Gasteiger charge is 2.45. The molecule has 0 amide bonds. The minimum atomic E-state index is -1.15. The van der Waals surface area contributed by atoms with E-state index in [9.17, 15) is 4.79 Å². The number of hydrogen-bond donors (Lipinski definition) is 2. The predicted octanol–water partition coefficient (Wildman–Crippen LogP) is 0.639. The molecule has 0 radical (unpaired) electrons. The molecule has 1 rings (SSSR count). The molecule has 0 aromatic carbocycles. The van der Waals surface area contributed by atoms with E-state index in [-0.39, 0.29) is 12.5 Å². The molecule has 1 aliphatic heterocycles. The molecule has 4 nitrogen and oxygen atoms in total. The van der Waals surface area contributed by atoms with Gasteiger partial charge in [-0.1, -0.05) is 6.92 Å². The van der Waals surface area contributed by atoms with Gasteiger partial charge in [0.05, 0.1) is 0 Å². The number of hydrogen-bond acceptors (Lipinski definition) is 3. The van der Waals surface area contributed by atoms with Crippen LogP contribution in [0.5, 0.6) is 0 Å². The highest BCUT2D eigenvalue weighted by Crippen LogP contribution is 2.32. The molecule has 0 aromatic rings. The van der Waals surface area contributed by atoms with Crippen molar-refractivity contribution in [2.45, 2.75) is 31.8 Å². The molecular weight excluding hydrogens is 172 g/mol. The Balaban J connectivity index is 2.78. The minimum absolute atomic E-state index is 0.147. The maximum Gasteiger partial charge on any atom is 0.336 e. The van der Waals surface area contributed by atoms with E-state index in [1.807, 2.05) is 0 Å². The second kappa shape index (κ2) is 4.07. The molecule has 2 N–H and O–H groups in total. The Kier molecular flexibility index (Phi) is 3.27. The molecule has 1 aliphatic rings. The maximum atomic E-state index is 11.0. The monoisotopic (exact) mass is 188 g/mol. The van der Waals surface area contributed by atoms with Crippen molar-refractivity contribution in [3.8, 4) is 0 Å². The summed E-state index contributed by atoms with van der Waals surface area (Å²) < 4.78 is 5.32.